The lowest BCUT2D eigenvalue weighted by atomic mass is 10.1. The molecule has 8 nitrogen and oxygen atoms in total. The van der Waals surface area contributed by atoms with Crippen molar-refractivity contribution in [2.45, 2.75) is 50.3 Å². The first-order valence-electron chi connectivity index (χ1n) is 7.75. The first kappa shape index (κ1) is 22.0. The van der Waals surface area contributed by atoms with Gasteiger partial charge in [0, 0.05) is 5.54 Å². The van der Waals surface area contributed by atoms with Gasteiger partial charge < -0.3 is 15.2 Å². The van der Waals surface area contributed by atoms with Crippen molar-refractivity contribution in [1.29, 1.82) is 0 Å². The normalized spacial score (nSPS) is 14.4. The van der Waals surface area contributed by atoms with Crippen molar-refractivity contribution in [3.63, 3.8) is 0 Å². The molecule has 0 unspecified atom stereocenters. The standard InChI is InChI=1S/C16H23FN2O6S/c1-10(20)14(15(22)25-9-13(21)18-16(2,3)4)19-26(23,24)12-7-5-11(17)6-8-12/h5-8,10,14,19-20H,9H2,1-4H3,(H,18,21)/t10-,14-/m1/s1. The molecule has 0 radical (unpaired) electrons. The third-order valence-electron chi connectivity index (χ3n) is 3.00. The maximum absolute atomic E-state index is 12.9. The number of carbonyl (C=O) groups excluding carboxylic acids is 2. The van der Waals surface area contributed by atoms with Crippen LogP contribution in [0.5, 0.6) is 0 Å². The topological polar surface area (TPSA) is 122 Å². The fraction of sp³-hybridized carbons (Fsp3) is 0.500. The Morgan fingerprint density at radius 3 is 2.23 bits per heavy atom. The number of rotatable bonds is 7. The average molecular weight is 390 g/mol. The number of carbonyl (C=O) groups is 2. The summed E-state index contributed by atoms with van der Waals surface area (Å²) in [5.41, 5.74) is -0.530. The molecule has 0 saturated heterocycles. The minimum Gasteiger partial charge on any atom is -0.454 e. The van der Waals surface area contributed by atoms with Gasteiger partial charge in [-0.1, -0.05) is 0 Å². The van der Waals surface area contributed by atoms with Crippen molar-refractivity contribution in [2.75, 3.05) is 6.61 Å². The number of aliphatic hydroxyl groups excluding tert-OH is 1. The maximum Gasteiger partial charge on any atom is 0.327 e. The molecule has 0 aliphatic rings. The van der Waals surface area contributed by atoms with Crippen molar-refractivity contribution in [1.82, 2.24) is 10.0 Å². The first-order valence-corrected chi connectivity index (χ1v) is 9.24. The molecular formula is C16H23FN2O6S. The molecule has 0 aliphatic carbocycles. The van der Waals surface area contributed by atoms with Crippen molar-refractivity contribution in [3.8, 4) is 0 Å². The van der Waals surface area contributed by atoms with Crippen molar-refractivity contribution < 1.29 is 32.2 Å². The van der Waals surface area contributed by atoms with Gasteiger partial charge in [-0.2, -0.15) is 4.72 Å². The summed E-state index contributed by atoms with van der Waals surface area (Å²) >= 11 is 0. The number of hydrogen-bond acceptors (Lipinski definition) is 6. The second-order valence-corrected chi connectivity index (χ2v) is 8.41. The highest BCUT2D eigenvalue weighted by Crippen LogP contribution is 2.12. The highest BCUT2D eigenvalue weighted by atomic mass is 32.2. The molecule has 1 rings (SSSR count). The Hall–Kier alpha value is -2.04. The number of nitrogens with one attached hydrogen (secondary N) is 2. The van der Waals surface area contributed by atoms with E-state index in [0.29, 0.717) is 0 Å². The predicted molar refractivity (Wildman–Crippen MR) is 91.0 cm³/mol. The van der Waals surface area contributed by atoms with Gasteiger partial charge in [-0.15, -0.1) is 0 Å². The van der Waals surface area contributed by atoms with Gasteiger partial charge in [0.15, 0.2) is 6.61 Å². The molecule has 0 aromatic heterocycles. The minimum atomic E-state index is -4.21. The van der Waals surface area contributed by atoms with E-state index in [2.05, 4.69) is 5.32 Å². The van der Waals surface area contributed by atoms with Crippen molar-refractivity contribution >= 4 is 21.9 Å². The lowest BCUT2D eigenvalue weighted by Gasteiger charge is -2.22. The molecule has 3 N–H and O–H groups in total. The monoisotopic (exact) mass is 390 g/mol. The molecule has 0 aliphatic heterocycles. The number of hydrogen-bond donors (Lipinski definition) is 3. The fourth-order valence-electron chi connectivity index (χ4n) is 1.87. The van der Waals surface area contributed by atoms with Crippen LogP contribution in [0.1, 0.15) is 27.7 Å². The van der Waals surface area contributed by atoms with Crippen LogP contribution in [-0.4, -0.2) is 49.7 Å². The minimum absolute atomic E-state index is 0.289. The Labute approximate surface area is 151 Å². The van der Waals surface area contributed by atoms with E-state index < -0.39 is 52.0 Å². The number of ether oxygens (including phenoxy) is 1. The van der Waals surface area contributed by atoms with E-state index in [1.165, 1.54) is 6.92 Å². The molecule has 26 heavy (non-hydrogen) atoms. The summed E-state index contributed by atoms with van der Waals surface area (Å²) in [6.45, 7) is 5.78. The van der Waals surface area contributed by atoms with E-state index >= 15 is 0 Å². The predicted octanol–water partition coefficient (Wildman–Crippen LogP) is 0.311. The number of amides is 1. The van der Waals surface area contributed by atoms with Crippen LogP contribution in [0.4, 0.5) is 4.39 Å². The number of sulfonamides is 1. The molecule has 1 aromatic rings. The van der Waals surface area contributed by atoms with Gasteiger partial charge in [0.1, 0.15) is 11.9 Å². The smallest absolute Gasteiger partial charge is 0.327 e. The zero-order valence-corrected chi connectivity index (χ0v) is 15.8. The van der Waals surface area contributed by atoms with Crippen LogP contribution in [0.15, 0.2) is 29.2 Å². The first-order chi connectivity index (χ1) is 11.8. The van der Waals surface area contributed by atoms with Gasteiger partial charge in [0.25, 0.3) is 5.91 Å². The van der Waals surface area contributed by atoms with E-state index in [4.69, 9.17) is 4.74 Å². The molecule has 10 heteroatoms. The Morgan fingerprint density at radius 1 is 1.23 bits per heavy atom. The molecule has 0 fully saturated rings. The van der Waals surface area contributed by atoms with Crippen LogP contribution in [0, 0.1) is 5.82 Å². The van der Waals surface area contributed by atoms with Crippen LogP contribution < -0.4 is 10.0 Å². The lowest BCUT2D eigenvalue weighted by molar-refractivity contribution is -0.152. The van der Waals surface area contributed by atoms with E-state index in [0.717, 1.165) is 24.3 Å². The molecule has 0 bridgehead atoms. The Kier molecular flexibility index (Phi) is 7.25. The SMILES string of the molecule is C[C@@H](O)[C@@H](NS(=O)(=O)c1ccc(F)cc1)C(=O)OCC(=O)NC(C)(C)C. The Bertz CT molecular complexity index is 741. The molecule has 146 valence electrons. The summed E-state index contributed by atoms with van der Waals surface area (Å²) in [5.74, 6) is -2.31. The molecule has 1 amide bonds. The van der Waals surface area contributed by atoms with E-state index in [9.17, 15) is 27.5 Å². The highest BCUT2D eigenvalue weighted by Gasteiger charge is 2.31. The van der Waals surface area contributed by atoms with Gasteiger partial charge in [0.05, 0.1) is 11.0 Å². The lowest BCUT2D eigenvalue weighted by Crippen LogP contribution is -2.49. The van der Waals surface area contributed by atoms with Crippen LogP contribution in [0.25, 0.3) is 0 Å². The Morgan fingerprint density at radius 2 is 1.77 bits per heavy atom. The van der Waals surface area contributed by atoms with E-state index in [1.807, 2.05) is 4.72 Å². The third-order valence-corrected chi connectivity index (χ3v) is 4.46. The summed E-state index contributed by atoms with van der Waals surface area (Å²) in [5, 5.41) is 12.3. The number of halogens is 1. The number of benzene rings is 1. The zero-order valence-electron chi connectivity index (χ0n) is 14.9. The van der Waals surface area contributed by atoms with Crippen LogP contribution in [0.3, 0.4) is 0 Å². The second-order valence-electron chi connectivity index (χ2n) is 6.70. The number of aliphatic hydroxyl groups is 1. The molecular weight excluding hydrogens is 367 g/mol. The molecule has 0 heterocycles. The van der Waals surface area contributed by atoms with Gasteiger partial charge in [0.2, 0.25) is 10.0 Å². The van der Waals surface area contributed by atoms with Crippen molar-refractivity contribution in [2.24, 2.45) is 0 Å². The van der Waals surface area contributed by atoms with Gasteiger partial charge in [-0.05, 0) is 52.0 Å². The molecule has 0 saturated carbocycles. The van der Waals surface area contributed by atoms with Crippen molar-refractivity contribution in [3.05, 3.63) is 30.1 Å². The molecule has 0 spiro atoms. The van der Waals surface area contributed by atoms with Gasteiger partial charge >= 0.3 is 5.97 Å². The number of esters is 1. The van der Waals surface area contributed by atoms with Crippen LogP contribution in [0.2, 0.25) is 0 Å². The van der Waals surface area contributed by atoms with E-state index in [1.54, 1.807) is 20.8 Å². The second kappa shape index (κ2) is 8.56. The Balaban J connectivity index is 2.80. The maximum atomic E-state index is 12.9. The molecule has 1 aromatic carbocycles. The van der Waals surface area contributed by atoms with Gasteiger partial charge in [-0.25, -0.2) is 12.8 Å². The summed E-state index contributed by atoms with van der Waals surface area (Å²) < 4.78 is 44.2. The average Bonchev–Trinajstić information content (AvgIpc) is 2.49. The molecule has 2 atom stereocenters. The van der Waals surface area contributed by atoms with Gasteiger partial charge in [-0.3, -0.25) is 9.59 Å². The van der Waals surface area contributed by atoms with Crippen LogP contribution >= 0.6 is 0 Å². The van der Waals surface area contributed by atoms with E-state index in [-0.39, 0.29) is 4.90 Å². The largest absolute Gasteiger partial charge is 0.454 e. The summed E-state index contributed by atoms with van der Waals surface area (Å²) in [6, 6.07) is 2.28. The zero-order chi connectivity index (χ0) is 20.1. The quantitative estimate of drug-likeness (QED) is 0.576. The highest BCUT2D eigenvalue weighted by molar-refractivity contribution is 7.89. The van der Waals surface area contributed by atoms with Crippen LogP contribution in [-0.2, 0) is 24.3 Å². The fourth-order valence-corrected chi connectivity index (χ4v) is 3.13. The third kappa shape index (κ3) is 7.06. The summed E-state index contributed by atoms with van der Waals surface area (Å²) in [4.78, 5) is 23.4. The summed E-state index contributed by atoms with van der Waals surface area (Å²) in [6.07, 6.45) is -1.43. The summed E-state index contributed by atoms with van der Waals surface area (Å²) in [7, 11) is -4.21.